The van der Waals surface area contributed by atoms with Crippen LogP contribution in [0.15, 0.2) is 29.2 Å². The molecule has 0 saturated carbocycles. The molecule has 1 aromatic carbocycles. The fourth-order valence-electron chi connectivity index (χ4n) is 0.872. The van der Waals surface area contributed by atoms with Gasteiger partial charge in [-0.05, 0) is 24.3 Å². The molecule has 0 saturated heterocycles. The van der Waals surface area contributed by atoms with E-state index in [-0.39, 0.29) is 0 Å². The molecule has 0 aliphatic rings. The molecule has 1 aromatic rings. The Morgan fingerprint density at radius 2 is 1.58 bits per heavy atom. The molecule has 0 unspecified atom stereocenters. The number of rotatable bonds is 2. The van der Waals surface area contributed by atoms with Gasteiger partial charge >= 0.3 is 0 Å². The predicted molar refractivity (Wildman–Crippen MR) is 49.3 cm³/mol. The molecule has 0 amide bonds. The summed E-state index contributed by atoms with van der Waals surface area (Å²) in [5, 5.41) is 0. The van der Waals surface area contributed by atoms with Gasteiger partial charge in [0.25, 0.3) is 0 Å². The fraction of sp³-hybridized carbons (Fsp3) is 0.250. The molecule has 66 valence electrons. The minimum atomic E-state index is -2.45. The van der Waals surface area contributed by atoms with Crippen molar-refractivity contribution in [3.8, 4) is 0 Å². The molecule has 0 aromatic heterocycles. The van der Waals surface area contributed by atoms with E-state index in [0.717, 1.165) is 5.69 Å². The lowest BCUT2D eigenvalue weighted by Crippen LogP contribution is -2.07. The van der Waals surface area contributed by atoms with Crippen molar-refractivity contribution in [1.29, 1.82) is 0 Å². The van der Waals surface area contributed by atoms with Crippen molar-refractivity contribution in [1.82, 2.24) is 0 Å². The second-order valence-corrected chi connectivity index (χ2v) is 3.70. The van der Waals surface area contributed by atoms with Crippen molar-refractivity contribution in [3.05, 3.63) is 24.3 Å². The van der Waals surface area contributed by atoms with Crippen LogP contribution in [0.3, 0.4) is 0 Å². The van der Waals surface area contributed by atoms with Crippen LogP contribution in [0.4, 0.5) is 5.69 Å². The number of hydrogen-bond acceptors (Lipinski definition) is 3. The summed E-state index contributed by atoms with van der Waals surface area (Å²) in [5.41, 5.74) is 0.996. The van der Waals surface area contributed by atoms with Gasteiger partial charge in [-0.1, -0.05) is 0 Å². The summed E-state index contributed by atoms with van der Waals surface area (Å²) in [5.74, 6) is 0. The number of hydrogen-bond donors (Lipinski definition) is 1. The Kier molecular flexibility index (Phi) is 2.70. The van der Waals surface area contributed by atoms with Gasteiger partial charge in [-0.25, -0.2) is 8.42 Å². The third-order valence-electron chi connectivity index (χ3n) is 1.58. The lowest BCUT2D eigenvalue weighted by Gasteiger charge is -2.11. The predicted octanol–water partition coefficient (Wildman–Crippen LogP) is 0.723. The summed E-state index contributed by atoms with van der Waals surface area (Å²) in [6.45, 7) is 0. The maximum atomic E-state index is 10.5. The average Bonchev–Trinajstić information content (AvgIpc) is 2.04. The minimum absolute atomic E-state index is 0.357. The van der Waals surface area contributed by atoms with Gasteiger partial charge in [-0.2, -0.15) is 0 Å². The fourth-order valence-corrected chi connectivity index (χ4v) is 1.26. The molecule has 3 nitrogen and oxygen atoms in total. The molecule has 0 radical (unpaired) electrons. The number of anilines is 1. The van der Waals surface area contributed by atoms with Gasteiger partial charge in [0.1, 0.15) is 0 Å². The van der Waals surface area contributed by atoms with Crippen LogP contribution < -0.4 is 4.90 Å². The zero-order valence-electron chi connectivity index (χ0n) is 7.02. The molecule has 0 aliphatic heterocycles. The zero-order chi connectivity index (χ0) is 9.14. The molecule has 0 bridgehead atoms. The van der Waals surface area contributed by atoms with E-state index in [1.54, 1.807) is 24.3 Å². The molecule has 0 heterocycles. The van der Waals surface area contributed by atoms with Gasteiger partial charge in [0.15, 0.2) is 10.7 Å². The van der Waals surface area contributed by atoms with Crippen LogP contribution in [0.2, 0.25) is 0 Å². The first-order valence-electron chi connectivity index (χ1n) is 3.53. The highest BCUT2D eigenvalue weighted by Gasteiger charge is 1.96. The van der Waals surface area contributed by atoms with Crippen LogP contribution in [-0.4, -0.2) is 22.5 Å². The van der Waals surface area contributed by atoms with Gasteiger partial charge in [-0.3, -0.25) is 0 Å². The highest BCUT2D eigenvalue weighted by atomic mass is 32.2. The molecule has 0 atom stereocenters. The summed E-state index contributed by atoms with van der Waals surface area (Å²) in [6, 6.07) is 6.75. The molecule has 0 N–H and O–H groups in total. The SMILES string of the molecule is CN(C)c1ccc([SH](=O)=O)cc1. The van der Waals surface area contributed by atoms with Gasteiger partial charge < -0.3 is 4.90 Å². The van der Waals surface area contributed by atoms with E-state index >= 15 is 0 Å². The number of nitrogens with zero attached hydrogens (tertiary/aromatic N) is 1. The van der Waals surface area contributed by atoms with E-state index in [4.69, 9.17) is 0 Å². The van der Waals surface area contributed by atoms with Crippen LogP contribution in [-0.2, 0) is 10.7 Å². The molecule has 0 fully saturated rings. The molecule has 4 heteroatoms. The summed E-state index contributed by atoms with van der Waals surface area (Å²) in [4.78, 5) is 2.28. The van der Waals surface area contributed by atoms with Gasteiger partial charge in [-0.15, -0.1) is 0 Å². The second-order valence-electron chi connectivity index (χ2n) is 2.67. The lowest BCUT2D eigenvalue weighted by molar-refractivity contribution is 0.614. The van der Waals surface area contributed by atoms with E-state index in [9.17, 15) is 8.42 Å². The highest BCUT2D eigenvalue weighted by molar-refractivity contribution is 7.72. The Morgan fingerprint density at radius 1 is 1.08 bits per heavy atom. The maximum absolute atomic E-state index is 10.5. The smallest absolute Gasteiger partial charge is 0.168 e. The summed E-state index contributed by atoms with van der Waals surface area (Å²) in [7, 11) is 1.37. The van der Waals surface area contributed by atoms with Crippen LogP contribution in [0.5, 0.6) is 0 Å². The molecule has 0 aliphatic carbocycles. The van der Waals surface area contributed by atoms with Crippen molar-refractivity contribution < 1.29 is 8.42 Å². The largest absolute Gasteiger partial charge is 0.378 e. The summed E-state index contributed by atoms with van der Waals surface area (Å²) in [6.07, 6.45) is 0. The van der Waals surface area contributed by atoms with Crippen molar-refractivity contribution in [2.45, 2.75) is 4.90 Å². The Bertz CT molecular complexity index is 319. The van der Waals surface area contributed by atoms with Crippen LogP contribution in [0.1, 0.15) is 0 Å². The maximum Gasteiger partial charge on any atom is 0.168 e. The lowest BCUT2D eigenvalue weighted by atomic mass is 10.3. The van der Waals surface area contributed by atoms with Crippen molar-refractivity contribution in [2.75, 3.05) is 19.0 Å². The van der Waals surface area contributed by atoms with Crippen LogP contribution in [0, 0.1) is 0 Å². The van der Waals surface area contributed by atoms with Gasteiger partial charge in [0.2, 0.25) is 0 Å². The molecule has 1 rings (SSSR count). The third kappa shape index (κ3) is 1.98. The molecule has 12 heavy (non-hydrogen) atoms. The van der Waals surface area contributed by atoms with Crippen molar-refractivity contribution in [2.24, 2.45) is 0 Å². The first kappa shape index (κ1) is 9.06. The molecular formula is C8H11NO2S. The van der Waals surface area contributed by atoms with Crippen LogP contribution >= 0.6 is 0 Å². The molecule has 0 spiro atoms. The number of thiol groups is 1. The second kappa shape index (κ2) is 3.58. The average molecular weight is 185 g/mol. The first-order valence-corrected chi connectivity index (χ1v) is 4.71. The van der Waals surface area contributed by atoms with Gasteiger partial charge in [0, 0.05) is 19.8 Å². The van der Waals surface area contributed by atoms with E-state index in [1.807, 2.05) is 19.0 Å². The summed E-state index contributed by atoms with van der Waals surface area (Å²) >= 11 is 0. The first-order chi connectivity index (χ1) is 5.61. The summed E-state index contributed by atoms with van der Waals surface area (Å²) < 4.78 is 21.0. The topological polar surface area (TPSA) is 37.4 Å². The van der Waals surface area contributed by atoms with E-state index in [2.05, 4.69) is 0 Å². The Hall–Kier alpha value is -1.03. The Morgan fingerprint density at radius 3 is 1.92 bits per heavy atom. The highest BCUT2D eigenvalue weighted by Crippen LogP contribution is 2.12. The van der Waals surface area contributed by atoms with Gasteiger partial charge in [0.05, 0.1) is 4.90 Å². The standard InChI is InChI=1S/C8H11NO2S/c1-9(2)7-3-5-8(6-4-7)12(10)11/h3-6,12H,1-2H3. The third-order valence-corrected chi connectivity index (χ3v) is 2.30. The Balaban J connectivity index is 3.01. The minimum Gasteiger partial charge on any atom is -0.378 e. The normalized spacial score (nSPS) is 10.2. The van der Waals surface area contributed by atoms with Crippen LogP contribution in [0.25, 0.3) is 0 Å². The molecular weight excluding hydrogens is 174 g/mol. The van der Waals surface area contributed by atoms with Crippen molar-refractivity contribution in [3.63, 3.8) is 0 Å². The van der Waals surface area contributed by atoms with E-state index in [1.165, 1.54) is 0 Å². The zero-order valence-corrected chi connectivity index (χ0v) is 7.91. The monoisotopic (exact) mass is 185 g/mol. The quantitative estimate of drug-likeness (QED) is 0.690. The van der Waals surface area contributed by atoms with E-state index in [0.29, 0.717) is 4.90 Å². The Labute approximate surface area is 73.6 Å². The van der Waals surface area contributed by atoms with Crippen molar-refractivity contribution >= 4 is 16.4 Å². The number of benzene rings is 1. The van der Waals surface area contributed by atoms with E-state index < -0.39 is 10.7 Å².